The molecular weight excluding hydrogens is 212 g/mol. The third-order valence-electron chi connectivity index (χ3n) is 2.37. The number of hydrogen-bond acceptors (Lipinski definition) is 2. The first-order valence-electron chi connectivity index (χ1n) is 4.82. The molecule has 0 bridgehead atoms. The molecule has 0 spiro atoms. The Balaban J connectivity index is 2.00. The quantitative estimate of drug-likeness (QED) is 0.796. The maximum absolute atomic E-state index is 5.29. The first-order chi connectivity index (χ1) is 6.81. The van der Waals surface area contributed by atoms with Crippen molar-refractivity contribution in [2.45, 2.75) is 25.4 Å². The van der Waals surface area contributed by atoms with Gasteiger partial charge in [-0.05, 0) is 36.5 Å². The number of nitrogens with zero attached hydrogens (tertiary/aromatic N) is 1. The SMILES string of the molecule is CNC(=S)N(Cc1cccs1)C1CC1. The van der Waals surface area contributed by atoms with Crippen LogP contribution in [0, 0.1) is 0 Å². The van der Waals surface area contributed by atoms with Gasteiger partial charge in [0.2, 0.25) is 0 Å². The Kier molecular flexibility index (Phi) is 3.03. The monoisotopic (exact) mass is 226 g/mol. The second kappa shape index (κ2) is 4.28. The summed E-state index contributed by atoms with van der Waals surface area (Å²) in [6, 6.07) is 4.93. The molecule has 0 atom stereocenters. The molecule has 2 rings (SSSR count). The molecule has 0 aliphatic heterocycles. The van der Waals surface area contributed by atoms with Crippen LogP contribution < -0.4 is 5.32 Å². The minimum atomic E-state index is 0.678. The predicted octanol–water partition coefficient (Wildman–Crippen LogP) is 2.22. The predicted molar refractivity (Wildman–Crippen MR) is 64.5 cm³/mol. The normalized spacial score (nSPS) is 15.2. The van der Waals surface area contributed by atoms with Crippen LogP contribution in [0.2, 0.25) is 0 Å². The van der Waals surface area contributed by atoms with Crippen molar-refractivity contribution in [3.05, 3.63) is 22.4 Å². The van der Waals surface area contributed by atoms with E-state index in [2.05, 4.69) is 27.7 Å². The molecule has 0 unspecified atom stereocenters. The van der Waals surface area contributed by atoms with Crippen molar-refractivity contribution >= 4 is 28.7 Å². The smallest absolute Gasteiger partial charge is 0.169 e. The van der Waals surface area contributed by atoms with Gasteiger partial charge in [-0.15, -0.1) is 11.3 Å². The first-order valence-corrected chi connectivity index (χ1v) is 6.11. The van der Waals surface area contributed by atoms with Crippen LogP contribution >= 0.6 is 23.6 Å². The molecule has 14 heavy (non-hydrogen) atoms. The zero-order chi connectivity index (χ0) is 9.97. The Morgan fingerprint density at radius 2 is 2.50 bits per heavy atom. The molecule has 1 N–H and O–H groups in total. The summed E-state index contributed by atoms with van der Waals surface area (Å²) in [7, 11) is 1.89. The van der Waals surface area contributed by atoms with Gasteiger partial charge >= 0.3 is 0 Å². The lowest BCUT2D eigenvalue weighted by atomic mass is 10.4. The molecule has 0 amide bonds. The molecule has 1 fully saturated rings. The van der Waals surface area contributed by atoms with Crippen LogP contribution in [-0.2, 0) is 6.54 Å². The van der Waals surface area contributed by atoms with Crippen LogP contribution in [-0.4, -0.2) is 23.1 Å². The second-order valence-electron chi connectivity index (χ2n) is 3.49. The van der Waals surface area contributed by atoms with Crippen molar-refractivity contribution < 1.29 is 0 Å². The highest BCUT2D eigenvalue weighted by Crippen LogP contribution is 2.29. The van der Waals surface area contributed by atoms with Gasteiger partial charge < -0.3 is 10.2 Å². The number of hydrogen-bond donors (Lipinski definition) is 1. The summed E-state index contributed by atoms with van der Waals surface area (Å²) in [5.74, 6) is 0. The molecule has 0 saturated heterocycles. The summed E-state index contributed by atoms with van der Waals surface area (Å²) in [5.41, 5.74) is 0. The van der Waals surface area contributed by atoms with E-state index in [4.69, 9.17) is 12.2 Å². The highest BCUT2D eigenvalue weighted by atomic mass is 32.1. The standard InChI is InChI=1S/C10H14N2S2/c1-11-10(13)12(8-4-5-8)7-9-3-2-6-14-9/h2-3,6,8H,4-5,7H2,1H3,(H,11,13). The number of rotatable bonds is 3. The summed E-state index contributed by atoms with van der Waals surface area (Å²) < 4.78 is 0. The maximum atomic E-state index is 5.29. The molecule has 1 heterocycles. The topological polar surface area (TPSA) is 15.3 Å². The molecule has 0 radical (unpaired) electrons. The molecule has 1 aromatic rings. The average molecular weight is 226 g/mol. The van der Waals surface area contributed by atoms with E-state index in [1.807, 2.05) is 7.05 Å². The van der Waals surface area contributed by atoms with Crippen LogP contribution in [0.1, 0.15) is 17.7 Å². The van der Waals surface area contributed by atoms with Gasteiger partial charge in [0.25, 0.3) is 0 Å². The van der Waals surface area contributed by atoms with Gasteiger partial charge in [-0.25, -0.2) is 0 Å². The Hall–Kier alpha value is -0.610. The van der Waals surface area contributed by atoms with E-state index in [0.29, 0.717) is 6.04 Å². The Morgan fingerprint density at radius 3 is 3.00 bits per heavy atom. The largest absolute Gasteiger partial charge is 0.366 e. The molecule has 2 nitrogen and oxygen atoms in total. The van der Waals surface area contributed by atoms with Crippen LogP contribution in [0.5, 0.6) is 0 Å². The van der Waals surface area contributed by atoms with Crippen molar-refractivity contribution in [3.8, 4) is 0 Å². The van der Waals surface area contributed by atoms with E-state index < -0.39 is 0 Å². The van der Waals surface area contributed by atoms with E-state index >= 15 is 0 Å². The summed E-state index contributed by atoms with van der Waals surface area (Å²) in [6.07, 6.45) is 2.57. The molecular formula is C10H14N2S2. The number of nitrogens with one attached hydrogen (secondary N) is 1. The summed E-state index contributed by atoms with van der Waals surface area (Å²) in [6.45, 7) is 0.960. The molecule has 1 aromatic heterocycles. The van der Waals surface area contributed by atoms with E-state index in [0.717, 1.165) is 11.7 Å². The fourth-order valence-corrected chi connectivity index (χ4v) is 2.38. The number of thiophene rings is 1. The summed E-state index contributed by atoms with van der Waals surface area (Å²) in [4.78, 5) is 3.68. The number of thiocarbonyl (C=S) groups is 1. The lowest BCUT2D eigenvalue weighted by molar-refractivity contribution is 0.402. The Labute approximate surface area is 93.9 Å². The minimum absolute atomic E-state index is 0.678. The van der Waals surface area contributed by atoms with Gasteiger partial charge in [0, 0.05) is 18.0 Å². The van der Waals surface area contributed by atoms with Crippen molar-refractivity contribution in [1.29, 1.82) is 0 Å². The zero-order valence-corrected chi connectivity index (χ0v) is 9.83. The van der Waals surface area contributed by atoms with Gasteiger partial charge in [-0.1, -0.05) is 6.07 Å². The third-order valence-corrected chi connectivity index (χ3v) is 3.67. The van der Waals surface area contributed by atoms with Crippen LogP contribution in [0.25, 0.3) is 0 Å². The highest BCUT2D eigenvalue weighted by Gasteiger charge is 2.30. The molecule has 4 heteroatoms. The third kappa shape index (κ3) is 2.25. The van der Waals surface area contributed by atoms with Crippen molar-refractivity contribution in [2.24, 2.45) is 0 Å². The zero-order valence-electron chi connectivity index (χ0n) is 8.19. The van der Waals surface area contributed by atoms with Gasteiger partial charge in [-0.3, -0.25) is 0 Å². The molecule has 0 aromatic carbocycles. The fraction of sp³-hybridized carbons (Fsp3) is 0.500. The van der Waals surface area contributed by atoms with Crippen molar-refractivity contribution in [3.63, 3.8) is 0 Å². The second-order valence-corrected chi connectivity index (χ2v) is 4.91. The Morgan fingerprint density at radius 1 is 1.71 bits per heavy atom. The van der Waals surface area contributed by atoms with E-state index in [-0.39, 0.29) is 0 Å². The minimum Gasteiger partial charge on any atom is -0.366 e. The van der Waals surface area contributed by atoms with Gasteiger partial charge in [0.15, 0.2) is 5.11 Å². The summed E-state index contributed by atoms with van der Waals surface area (Å²) >= 11 is 7.08. The van der Waals surface area contributed by atoms with E-state index in [1.165, 1.54) is 17.7 Å². The van der Waals surface area contributed by atoms with Crippen LogP contribution in [0.3, 0.4) is 0 Å². The first kappa shape index (κ1) is 9.93. The molecule has 76 valence electrons. The maximum Gasteiger partial charge on any atom is 0.169 e. The molecule has 1 saturated carbocycles. The van der Waals surface area contributed by atoms with Gasteiger partial charge in [-0.2, -0.15) is 0 Å². The lowest BCUT2D eigenvalue weighted by Crippen LogP contribution is -2.38. The van der Waals surface area contributed by atoms with Crippen molar-refractivity contribution in [1.82, 2.24) is 10.2 Å². The lowest BCUT2D eigenvalue weighted by Gasteiger charge is -2.23. The van der Waals surface area contributed by atoms with Crippen LogP contribution in [0.4, 0.5) is 0 Å². The average Bonchev–Trinajstić information content (AvgIpc) is 2.92. The van der Waals surface area contributed by atoms with Crippen LogP contribution in [0.15, 0.2) is 17.5 Å². The van der Waals surface area contributed by atoms with E-state index in [1.54, 1.807) is 11.3 Å². The van der Waals surface area contributed by atoms with Gasteiger partial charge in [0.05, 0.1) is 6.54 Å². The Bertz CT molecular complexity index is 304. The highest BCUT2D eigenvalue weighted by molar-refractivity contribution is 7.80. The fourth-order valence-electron chi connectivity index (χ4n) is 1.47. The molecule has 1 aliphatic rings. The molecule has 1 aliphatic carbocycles. The van der Waals surface area contributed by atoms with Gasteiger partial charge in [0.1, 0.15) is 0 Å². The van der Waals surface area contributed by atoms with E-state index in [9.17, 15) is 0 Å². The summed E-state index contributed by atoms with van der Waals surface area (Å²) in [5, 5.41) is 6.05. The van der Waals surface area contributed by atoms with Crippen molar-refractivity contribution in [2.75, 3.05) is 7.05 Å².